The summed E-state index contributed by atoms with van der Waals surface area (Å²) in [5.41, 5.74) is 2.65. The van der Waals surface area contributed by atoms with Crippen molar-refractivity contribution < 1.29 is 9.53 Å². The van der Waals surface area contributed by atoms with E-state index in [1.807, 2.05) is 55.5 Å². The van der Waals surface area contributed by atoms with Gasteiger partial charge in [0.2, 0.25) is 5.91 Å². The van der Waals surface area contributed by atoms with E-state index in [9.17, 15) is 10.1 Å². The maximum atomic E-state index is 12.3. The van der Waals surface area contributed by atoms with E-state index < -0.39 is 5.92 Å². The molecule has 2 aromatic rings. The Bertz CT molecular complexity index is 687. The number of hydrogen-bond donors (Lipinski definition) is 1. The van der Waals surface area contributed by atoms with E-state index in [0.717, 1.165) is 11.1 Å². The Kier molecular flexibility index (Phi) is 5.16. The first-order valence-corrected chi connectivity index (χ1v) is 7.03. The van der Waals surface area contributed by atoms with Gasteiger partial charge in [-0.3, -0.25) is 4.79 Å². The smallest absolute Gasteiger partial charge is 0.242 e. The number of nitrogens with one attached hydrogen (secondary N) is 1. The summed E-state index contributed by atoms with van der Waals surface area (Å²) in [4.78, 5) is 12.3. The quantitative estimate of drug-likeness (QED) is 0.920. The molecule has 0 aliphatic rings. The van der Waals surface area contributed by atoms with Gasteiger partial charge in [-0.05, 0) is 30.7 Å². The number of ether oxygens (including phenoxy) is 1. The van der Waals surface area contributed by atoms with Crippen molar-refractivity contribution in [1.29, 1.82) is 5.26 Å². The van der Waals surface area contributed by atoms with Crippen molar-refractivity contribution in [3.05, 3.63) is 59.7 Å². The second-order valence-electron chi connectivity index (χ2n) is 5.05. The predicted octanol–water partition coefficient (Wildman–Crippen LogP) is 3.32. The molecular weight excluding hydrogens is 276 g/mol. The number of aryl methyl sites for hydroxylation is 1. The SMILES string of the molecule is COc1ccccc1C[C@H](C#N)C(=O)Nc1ccc(C)cc1. The zero-order valence-corrected chi connectivity index (χ0v) is 12.7. The molecule has 0 aliphatic carbocycles. The molecule has 22 heavy (non-hydrogen) atoms. The number of carbonyl (C=O) groups excluding carboxylic acids is 1. The number of nitriles is 1. The van der Waals surface area contributed by atoms with Crippen LogP contribution in [0.1, 0.15) is 11.1 Å². The Morgan fingerprint density at radius 3 is 2.55 bits per heavy atom. The highest BCUT2D eigenvalue weighted by Crippen LogP contribution is 2.21. The minimum absolute atomic E-state index is 0.308. The summed E-state index contributed by atoms with van der Waals surface area (Å²) in [6.45, 7) is 1.98. The van der Waals surface area contributed by atoms with E-state index in [4.69, 9.17) is 4.74 Å². The topological polar surface area (TPSA) is 62.1 Å². The molecule has 1 atom stereocenters. The summed E-state index contributed by atoms with van der Waals surface area (Å²) in [5.74, 6) is -0.388. The summed E-state index contributed by atoms with van der Waals surface area (Å²) < 4.78 is 5.26. The number of benzene rings is 2. The largest absolute Gasteiger partial charge is 0.496 e. The molecule has 0 spiro atoms. The third-order valence-electron chi connectivity index (χ3n) is 3.41. The number of hydrogen-bond acceptors (Lipinski definition) is 3. The molecule has 112 valence electrons. The number of para-hydroxylation sites is 1. The van der Waals surface area contributed by atoms with Crippen LogP contribution in [0, 0.1) is 24.2 Å². The van der Waals surface area contributed by atoms with Crippen LogP contribution in [0.4, 0.5) is 5.69 Å². The summed E-state index contributed by atoms with van der Waals surface area (Å²) in [7, 11) is 1.58. The first-order chi connectivity index (χ1) is 10.6. The number of nitrogens with zero attached hydrogens (tertiary/aromatic N) is 1. The predicted molar refractivity (Wildman–Crippen MR) is 85.6 cm³/mol. The standard InChI is InChI=1S/C18H18N2O2/c1-13-7-9-16(10-8-13)20-18(21)15(12-19)11-14-5-3-4-6-17(14)22-2/h3-10,15H,11H2,1-2H3,(H,20,21)/t15-/m1/s1. The monoisotopic (exact) mass is 294 g/mol. The average molecular weight is 294 g/mol. The lowest BCUT2D eigenvalue weighted by Crippen LogP contribution is -2.23. The lowest BCUT2D eigenvalue weighted by atomic mass is 9.99. The highest BCUT2D eigenvalue weighted by Gasteiger charge is 2.20. The van der Waals surface area contributed by atoms with Crippen LogP contribution >= 0.6 is 0 Å². The van der Waals surface area contributed by atoms with E-state index >= 15 is 0 Å². The minimum Gasteiger partial charge on any atom is -0.496 e. The van der Waals surface area contributed by atoms with Crippen molar-refractivity contribution >= 4 is 11.6 Å². The second-order valence-corrected chi connectivity index (χ2v) is 5.05. The van der Waals surface area contributed by atoms with Gasteiger partial charge in [-0.25, -0.2) is 0 Å². The number of carbonyl (C=O) groups is 1. The van der Waals surface area contributed by atoms with Gasteiger partial charge < -0.3 is 10.1 Å². The molecule has 0 radical (unpaired) electrons. The Hall–Kier alpha value is -2.80. The fourth-order valence-corrected chi connectivity index (χ4v) is 2.15. The van der Waals surface area contributed by atoms with Crippen molar-refractivity contribution in [1.82, 2.24) is 0 Å². The molecule has 1 N–H and O–H groups in total. The summed E-state index contributed by atoms with van der Waals surface area (Å²) in [5, 5.41) is 12.1. The highest BCUT2D eigenvalue weighted by molar-refractivity contribution is 5.94. The van der Waals surface area contributed by atoms with Crippen molar-refractivity contribution in [3.63, 3.8) is 0 Å². The van der Waals surface area contributed by atoms with Gasteiger partial charge in [-0.2, -0.15) is 5.26 Å². The van der Waals surface area contributed by atoms with Gasteiger partial charge in [-0.1, -0.05) is 35.9 Å². The normalized spacial score (nSPS) is 11.3. The maximum absolute atomic E-state index is 12.3. The van der Waals surface area contributed by atoms with Crippen molar-refractivity contribution in [3.8, 4) is 11.8 Å². The summed E-state index contributed by atoms with van der Waals surface area (Å²) >= 11 is 0. The Morgan fingerprint density at radius 1 is 1.23 bits per heavy atom. The molecule has 0 saturated carbocycles. The molecule has 4 heteroatoms. The van der Waals surface area contributed by atoms with Gasteiger partial charge in [0.25, 0.3) is 0 Å². The molecule has 0 aromatic heterocycles. The third kappa shape index (κ3) is 3.86. The van der Waals surface area contributed by atoms with Gasteiger partial charge in [0.1, 0.15) is 11.7 Å². The van der Waals surface area contributed by atoms with Gasteiger partial charge in [0.05, 0.1) is 13.2 Å². The lowest BCUT2D eigenvalue weighted by Gasteiger charge is -2.13. The molecule has 1 amide bonds. The molecule has 2 rings (SSSR count). The van der Waals surface area contributed by atoms with Gasteiger partial charge in [-0.15, -0.1) is 0 Å². The van der Waals surface area contributed by atoms with Gasteiger partial charge in [0.15, 0.2) is 0 Å². The molecule has 0 unspecified atom stereocenters. The number of anilines is 1. The third-order valence-corrected chi connectivity index (χ3v) is 3.41. The fourth-order valence-electron chi connectivity index (χ4n) is 2.15. The Labute approximate surface area is 130 Å². The zero-order valence-electron chi connectivity index (χ0n) is 12.7. The van der Waals surface area contributed by atoms with Crippen LogP contribution in [0.15, 0.2) is 48.5 Å². The van der Waals surface area contributed by atoms with Crippen LogP contribution in [0.2, 0.25) is 0 Å². The Morgan fingerprint density at radius 2 is 1.91 bits per heavy atom. The highest BCUT2D eigenvalue weighted by atomic mass is 16.5. The summed E-state index contributed by atoms with van der Waals surface area (Å²) in [6, 6.07) is 16.9. The van der Waals surface area contributed by atoms with Crippen LogP contribution < -0.4 is 10.1 Å². The zero-order chi connectivity index (χ0) is 15.9. The van der Waals surface area contributed by atoms with Crippen molar-refractivity contribution in [2.24, 2.45) is 5.92 Å². The van der Waals surface area contributed by atoms with Gasteiger partial charge in [0, 0.05) is 12.1 Å². The number of amides is 1. The number of methoxy groups -OCH3 is 1. The summed E-state index contributed by atoms with van der Waals surface area (Å²) in [6.07, 6.45) is 0.318. The van der Waals surface area contributed by atoms with E-state index in [2.05, 4.69) is 11.4 Å². The van der Waals surface area contributed by atoms with Crippen LogP contribution in [0.3, 0.4) is 0 Å². The Balaban J connectivity index is 2.09. The fraction of sp³-hybridized carbons (Fsp3) is 0.222. The van der Waals surface area contributed by atoms with E-state index in [1.165, 1.54) is 0 Å². The molecule has 4 nitrogen and oxygen atoms in total. The molecule has 0 heterocycles. The lowest BCUT2D eigenvalue weighted by molar-refractivity contribution is -0.118. The first-order valence-electron chi connectivity index (χ1n) is 7.03. The van der Waals surface area contributed by atoms with Crippen LogP contribution in [0.5, 0.6) is 5.75 Å². The molecule has 0 saturated heterocycles. The average Bonchev–Trinajstić information content (AvgIpc) is 2.55. The van der Waals surface area contributed by atoms with E-state index in [0.29, 0.717) is 17.9 Å². The van der Waals surface area contributed by atoms with Gasteiger partial charge >= 0.3 is 0 Å². The first kappa shape index (κ1) is 15.6. The second kappa shape index (κ2) is 7.28. The molecule has 0 bridgehead atoms. The van der Waals surface area contributed by atoms with Crippen molar-refractivity contribution in [2.45, 2.75) is 13.3 Å². The van der Waals surface area contributed by atoms with Crippen LogP contribution in [-0.4, -0.2) is 13.0 Å². The maximum Gasteiger partial charge on any atom is 0.242 e. The van der Waals surface area contributed by atoms with Crippen LogP contribution in [-0.2, 0) is 11.2 Å². The minimum atomic E-state index is -0.766. The van der Waals surface area contributed by atoms with E-state index in [-0.39, 0.29) is 5.91 Å². The molecule has 0 fully saturated rings. The number of rotatable bonds is 5. The molecule has 2 aromatic carbocycles. The van der Waals surface area contributed by atoms with E-state index in [1.54, 1.807) is 7.11 Å². The van der Waals surface area contributed by atoms with Crippen LogP contribution in [0.25, 0.3) is 0 Å². The molecule has 0 aliphatic heterocycles. The van der Waals surface area contributed by atoms with Crippen molar-refractivity contribution in [2.75, 3.05) is 12.4 Å². The molecular formula is C18H18N2O2.